The van der Waals surface area contributed by atoms with Crippen molar-refractivity contribution in [3.8, 4) is 0 Å². The molecule has 0 saturated carbocycles. The molecule has 0 unspecified atom stereocenters. The number of carbonyl (C=O) groups is 1. The summed E-state index contributed by atoms with van der Waals surface area (Å²) in [7, 11) is -2.20. The van der Waals surface area contributed by atoms with Crippen LogP contribution in [0.3, 0.4) is 0 Å². The average Bonchev–Trinajstić information content (AvgIpc) is 2.47. The Balaban J connectivity index is 2.10. The number of sulfonamides is 1. The normalized spacial score (nSPS) is 11.3. The molecule has 2 aromatic rings. The van der Waals surface area contributed by atoms with Gasteiger partial charge in [0.1, 0.15) is 0 Å². The lowest BCUT2D eigenvalue weighted by molar-refractivity contribution is -0.140. The summed E-state index contributed by atoms with van der Waals surface area (Å²) in [5, 5.41) is 1.81. The number of rotatable bonds is 6. The van der Waals surface area contributed by atoms with Crippen molar-refractivity contribution in [2.45, 2.75) is 12.8 Å². The minimum atomic E-state index is -3.49. The summed E-state index contributed by atoms with van der Waals surface area (Å²) < 4.78 is 31.2. The van der Waals surface area contributed by atoms with Gasteiger partial charge in [-0.05, 0) is 17.9 Å². The lowest BCUT2D eigenvalue weighted by atomic mass is 10.1. The molecule has 0 amide bonds. The summed E-state index contributed by atoms with van der Waals surface area (Å²) in [4.78, 5) is 11.0. The van der Waals surface area contributed by atoms with Gasteiger partial charge < -0.3 is 4.74 Å². The minimum Gasteiger partial charge on any atom is -0.469 e. The van der Waals surface area contributed by atoms with E-state index in [0.717, 1.165) is 10.8 Å². The third kappa shape index (κ3) is 4.19. The molecule has 2 aromatic carbocycles. The van der Waals surface area contributed by atoms with E-state index in [1.807, 2.05) is 30.3 Å². The molecule has 0 aliphatic carbocycles. The van der Waals surface area contributed by atoms with E-state index in [0.29, 0.717) is 5.69 Å². The maximum atomic E-state index is 12.1. The van der Waals surface area contributed by atoms with Gasteiger partial charge in [0.15, 0.2) is 0 Å². The Hall–Kier alpha value is -2.08. The zero-order valence-corrected chi connectivity index (χ0v) is 12.5. The van der Waals surface area contributed by atoms with E-state index in [-0.39, 0.29) is 18.6 Å². The molecule has 0 saturated heterocycles. The Bertz CT molecular complexity index is 735. The molecule has 5 nitrogen and oxygen atoms in total. The second kappa shape index (κ2) is 6.58. The molecule has 0 atom stereocenters. The van der Waals surface area contributed by atoms with Gasteiger partial charge in [-0.1, -0.05) is 36.4 Å². The van der Waals surface area contributed by atoms with E-state index in [9.17, 15) is 13.2 Å². The zero-order valence-electron chi connectivity index (χ0n) is 11.7. The second-order valence-electron chi connectivity index (χ2n) is 4.63. The van der Waals surface area contributed by atoms with E-state index in [2.05, 4.69) is 9.46 Å². The largest absolute Gasteiger partial charge is 0.469 e. The molecule has 0 radical (unpaired) electrons. The average molecular weight is 307 g/mol. The van der Waals surface area contributed by atoms with Gasteiger partial charge in [-0.2, -0.15) is 0 Å². The van der Waals surface area contributed by atoms with Gasteiger partial charge in [-0.3, -0.25) is 9.52 Å². The fourth-order valence-corrected chi connectivity index (χ4v) is 3.18. The Morgan fingerprint density at radius 1 is 1.14 bits per heavy atom. The number of carbonyl (C=O) groups excluding carboxylic acids is 1. The van der Waals surface area contributed by atoms with Crippen LogP contribution < -0.4 is 4.72 Å². The van der Waals surface area contributed by atoms with Crippen LogP contribution in [0.25, 0.3) is 10.8 Å². The quantitative estimate of drug-likeness (QED) is 0.832. The number of hydrogen-bond donors (Lipinski definition) is 1. The number of ether oxygens (including phenoxy) is 1. The van der Waals surface area contributed by atoms with Crippen molar-refractivity contribution in [2.24, 2.45) is 0 Å². The molecule has 0 aliphatic rings. The molecule has 0 fully saturated rings. The van der Waals surface area contributed by atoms with Gasteiger partial charge in [0.05, 0.1) is 18.6 Å². The van der Waals surface area contributed by atoms with Crippen molar-refractivity contribution in [1.82, 2.24) is 0 Å². The van der Waals surface area contributed by atoms with Crippen LogP contribution in [0.5, 0.6) is 0 Å². The Morgan fingerprint density at radius 3 is 2.62 bits per heavy atom. The first-order valence-electron chi connectivity index (χ1n) is 6.57. The highest BCUT2D eigenvalue weighted by molar-refractivity contribution is 7.92. The third-order valence-electron chi connectivity index (χ3n) is 3.08. The summed E-state index contributed by atoms with van der Waals surface area (Å²) in [6.07, 6.45) is 0.319. The van der Waals surface area contributed by atoms with Crippen LogP contribution in [0.4, 0.5) is 5.69 Å². The van der Waals surface area contributed by atoms with E-state index < -0.39 is 16.0 Å². The number of methoxy groups -OCH3 is 1. The molecule has 0 spiro atoms. The summed E-state index contributed by atoms with van der Waals surface area (Å²) >= 11 is 0. The number of fused-ring (bicyclic) bond motifs is 1. The second-order valence-corrected chi connectivity index (χ2v) is 6.47. The molecule has 0 aliphatic heterocycles. The molecule has 6 heteroatoms. The maximum absolute atomic E-state index is 12.1. The molecule has 2 rings (SSSR count). The van der Waals surface area contributed by atoms with E-state index >= 15 is 0 Å². The molecule has 0 bridgehead atoms. The van der Waals surface area contributed by atoms with Crippen molar-refractivity contribution in [3.63, 3.8) is 0 Å². The minimum absolute atomic E-state index is 0.0902. The molecule has 21 heavy (non-hydrogen) atoms. The summed E-state index contributed by atoms with van der Waals surface area (Å²) in [5.41, 5.74) is 0.547. The standard InChI is InChI=1S/C15H17NO4S/c1-20-15(17)10-5-11-21(18,19)16-14-9-4-7-12-6-2-3-8-13(12)14/h2-4,6-9,16H,5,10-11H2,1H3. The van der Waals surface area contributed by atoms with Crippen molar-refractivity contribution < 1.29 is 17.9 Å². The highest BCUT2D eigenvalue weighted by Gasteiger charge is 2.13. The highest BCUT2D eigenvalue weighted by Crippen LogP contribution is 2.24. The van der Waals surface area contributed by atoms with Crippen molar-refractivity contribution in [2.75, 3.05) is 17.6 Å². The lowest BCUT2D eigenvalue weighted by Crippen LogP contribution is -2.17. The van der Waals surface area contributed by atoms with Gasteiger partial charge >= 0.3 is 5.97 Å². The predicted octanol–water partition coefficient (Wildman–Crippen LogP) is 2.53. The summed E-state index contributed by atoms with van der Waals surface area (Å²) in [5.74, 6) is -0.527. The third-order valence-corrected chi connectivity index (χ3v) is 4.43. The van der Waals surface area contributed by atoms with Gasteiger partial charge in [0.2, 0.25) is 10.0 Å². The number of anilines is 1. The molecule has 0 aromatic heterocycles. The van der Waals surface area contributed by atoms with Crippen LogP contribution in [0.1, 0.15) is 12.8 Å². The Morgan fingerprint density at radius 2 is 1.86 bits per heavy atom. The van der Waals surface area contributed by atoms with Gasteiger partial charge in [0, 0.05) is 11.8 Å². The van der Waals surface area contributed by atoms with E-state index in [4.69, 9.17) is 0 Å². The van der Waals surface area contributed by atoms with Gasteiger partial charge in [-0.15, -0.1) is 0 Å². The fourth-order valence-electron chi connectivity index (χ4n) is 2.04. The van der Waals surface area contributed by atoms with Crippen LogP contribution in [0, 0.1) is 0 Å². The van der Waals surface area contributed by atoms with E-state index in [1.54, 1.807) is 12.1 Å². The molecule has 1 N–H and O–H groups in total. The van der Waals surface area contributed by atoms with Crippen LogP contribution >= 0.6 is 0 Å². The Labute approximate surface area is 124 Å². The van der Waals surface area contributed by atoms with Crippen LogP contribution in [0.2, 0.25) is 0 Å². The maximum Gasteiger partial charge on any atom is 0.305 e. The molecule has 112 valence electrons. The zero-order chi connectivity index (χ0) is 15.3. The summed E-state index contributed by atoms with van der Waals surface area (Å²) in [6.45, 7) is 0. The Kier molecular flexibility index (Phi) is 4.80. The molecule has 0 heterocycles. The first kappa shape index (κ1) is 15.3. The molecular weight excluding hydrogens is 290 g/mol. The first-order chi connectivity index (χ1) is 10.0. The van der Waals surface area contributed by atoms with Crippen molar-refractivity contribution >= 4 is 32.5 Å². The van der Waals surface area contributed by atoms with Crippen molar-refractivity contribution in [1.29, 1.82) is 0 Å². The lowest BCUT2D eigenvalue weighted by Gasteiger charge is -2.10. The summed E-state index contributed by atoms with van der Waals surface area (Å²) in [6, 6.07) is 13.0. The topological polar surface area (TPSA) is 72.5 Å². The van der Waals surface area contributed by atoms with Crippen LogP contribution in [-0.4, -0.2) is 27.2 Å². The number of hydrogen-bond acceptors (Lipinski definition) is 4. The van der Waals surface area contributed by atoms with Crippen LogP contribution in [-0.2, 0) is 19.6 Å². The molecular formula is C15H17NO4S. The van der Waals surface area contributed by atoms with Gasteiger partial charge in [-0.25, -0.2) is 8.42 Å². The first-order valence-corrected chi connectivity index (χ1v) is 8.22. The monoisotopic (exact) mass is 307 g/mol. The fraction of sp³-hybridized carbons (Fsp3) is 0.267. The predicted molar refractivity (Wildman–Crippen MR) is 82.6 cm³/mol. The number of esters is 1. The van der Waals surface area contributed by atoms with Crippen LogP contribution in [0.15, 0.2) is 42.5 Å². The highest BCUT2D eigenvalue weighted by atomic mass is 32.2. The van der Waals surface area contributed by atoms with Gasteiger partial charge in [0.25, 0.3) is 0 Å². The SMILES string of the molecule is COC(=O)CCCS(=O)(=O)Nc1cccc2ccccc12. The number of benzene rings is 2. The number of nitrogens with one attached hydrogen (secondary N) is 1. The smallest absolute Gasteiger partial charge is 0.305 e. The van der Waals surface area contributed by atoms with Crippen molar-refractivity contribution in [3.05, 3.63) is 42.5 Å². The van der Waals surface area contributed by atoms with E-state index in [1.165, 1.54) is 7.11 Å².